The summed E-state index contributed by atoms with van der Waals surface area (Å²) in [5.41, 5.74) is 4.39. The summed E-state index contributed by atoms with van der Waals surface area (Å²) in [4.78, 5) is 38.6. The van der Waals surface area contributed by atoms with Crippen molar-refractivity contribution in [2.75, 3.05) is 6.54 Å². The number of halogens is 1. The van der Waals surface area contributed by atoms with E-state index in [1.807, 2.05) is 24.3 Å². The highest BCUT2D eigenvalue weighted by atomic mass is 79.9. The van der Waals surface area contributed by atoms with E-state index in [0.29, 0.717) is 16.5 Å². The number of benzene rings is 2. The van der Waals surface area contributed by atoms with Gasteiger partial charge in [-0.25, -0.2) is 15.8 Å². The van der Waals surface area contributed by atoms with E-state index in [9.17, 15) is 14.4 Å². The molecule has 3 aromatic rings. The molecule has 0 spiro atoms. The van der Waals surface area contributed by atoms with Gasteiger partial charge in [0.2, 0.25) is 0 Å². The second-order valence-electron chi connectivity index (χ2n) is 7.35. The molecule has 2 heterocycles. The predicted octanol–water partition coefficient (Wildman–Crippen LogP) is 1.33. The molecule has 32 heavy (non-hydrogen) atoms. The lowest BCUT2D eigenvalue weighted by molar-refractivity contribution is 0.0957. The van der Waals surface area contributed by atoms with Crippen molar-refractivity contribution in [1.82, 2.24) is 25.0 Å². The molecule has 4 N–H and O–H groups in total. The van der Waals surface area contributed by atoms with Gasteiger partial charge in [0.25, 0.3) is 11.5 Å². The molecule has 0 saturated heterocycles. The quantitative estimate of drug-likeness (QED) is 0.459. The molecule has 1 amide bonds. The molecule has 1 aliphatic rings. The molecule has 9 nitrogen and oxygen atoms in total. The minimum Gasteiger partial charge on any atom is -0.348 e. The minimum absolute atomic E-state index is 0.136. The molecule has 10 heteroatoms. The third-order valence-corrected chi connectivity index (χ3v) is 5.70. The second kappa shape index (κ2) is 8.85. The Hall–Kier alpha value is -3.63. The zero-order valence-corrected chi connectivity index (χ0v) is 18.8. The highest BCUT2D eigenvalue weighted by Crippen LogP contribution is 2.13. The first-order valence-corrected chi connectivity index (χ1v) is 10.6. The Kier molecular flexibility index (Phi) is 5.97. The van der Waals surface area contributed by atoms with E-state index in [-0.39, 0.29) is 19.0 Å². The van der Waals surface area contributed by atoms with E-state index in [4.69, 9.17) is 5.84 Å². The lowest BCUT2D eigenvalue weighted by atomic mass is 10.1. The molecule has 164 valence electrons. The average molecular weight is 497 g/mol. The van der Waals surface area contributed by atoms with Crippen LogP contribution in [0.3, 0.4) is 0 Å². The molecular weight excluding hydrogens is 476 g/mol. The fourth-order valence-electron chi connectivity index (χ4n) is 3.39. The number of nitrogens with one attached hydrogen (secondary N) is 2. The number of nitrogens with two attached hydrogens (primary N) is 1. The third-order valence-electron chi connectivity index (χ3n) is 5.17. The Labute approximate surface area is 191 Å². The summed E-state index contributed by atoms with van der Waals surface area (Å²) in [6.07, 6.45) is 5.08. The molecule has 0 fully saturated rings. The number of hydrogen-bond donors (Lipinski definition) is 3. The fraction of sp³-hybridized carbons (Fsp3) is 0.136. The number of nitrogens with zero attached hydrogens (tertiary/aromatic N) is 3. The number of rotatable bonds is 5. The largest absolute Gasteiger partial charge is 0.348 e. The van der Waals surface area contributed by atoms with Crippen LogP contribution in [0.2, 0.25) is 0 Å². The van der Waals surface area contributed by atoms with Crippen LogP contribution in [0, 0.1) is 0 Å². The minimum atomic E-state index is -0.439. The Balaban J connectivity index is 1.64. The van der Waals surface area contributed by atoms with Crippen molar-refractivity contribution >= 4 is 32.7 Å². The highest BCUT2D eigenvalue weighted by molar-refractivity contribution is 9.10. The number of fused-ring (bicyclic) bond motifs is 1. The lowest BCUT2D eigenvalue weighted by Crippen LogP contribution is -2.39. The van der Waals surface area contributed by atoms with Gasteiger partial charge in [0.05, 0.1) is 17.4 Å². The van der Waals surface area contributed by atoms with Crippen LogP contribution in [0.5, 0.6) is 0 Å². The molecule has 1 aliphatic heterocycles. The Morgan fingerprint density at radius 2 is 1.91 bits per heavy atom. The van der Waals surface area contributed by atoms with Crippen molar-refractivity contribution in [2.45, 2.75) is 6.54 Å². The number of amides is 1. The molecule has 2 aromatic carbocycles. The normalized spacial score (nSPS) is 13.1. The van der Waals surface area contributed by atoms with Gasteiger partial charge in [-0.2, -0.15) is 0 Å². The van der Waals surface area contributed by atoms with E-state index in [1.165, 1.54) is 20.3 Å². The van der Waals surface area contributed by atoms with Crippen LogP contribution in [0.1, 0.15) is 15.9 Å². The van der Waals surface area contributed by atoms with Crippen LogP contribution in [0.25, 0.3) is 10.9 Å². The van der Waals surface area contributed by atoms with Crippen LogP contribution in [-0.2, 0) is 13.6 Å². The van der Waals surface area contributed by atoms with Gasteiger partial charge in [0, 0.05) is 36.0 Å². The van der Waals surface area contributed by atoms with Crippen molar-refractivity contribution in [2.24, 2.45) is 12.9 Å². The Bertz CT molecular complexity index is 1370. The summed E-state index contributed by atoms with van der Waals surface area (Å²) in [7, 11) is 1.61. The number of aromatic nitrogens is 2. The summed E-state index contributed by atoms with van der Waals surface area (Å²) in [5, 5.41) is 4.40. The Morgan fingerprint density at radius 3 is 2.59 bits per heavy atom. The highest BCUT2D eigenvalue weighted by Gasteiger charge is 2.15. The molecule has 0 atom stereocenters. The fourth-order valence-corrected chi connectivity index (χ4v) is 3.65. The van der Waals surface area contributed by atoms with Gasteiger partial charge in [0.15, 0.2) is 0 Å². The topological polar surface area (TPSA) is 114 Å². The van der Waals surface area contributed by atoms with Crippen LogP contribution in [-0.4, -0.2) is 26.7 Å². The van der Waals surface area contributed by atoms with Gasteiger partial charge in [-0.3, -0.25) is 24.1 Å². The van der Waals surface area contributed by atoms with E-state index in [2.05, 4.69) is 26.7 Å². The van der Waals surface area contributed by atoms with Gasteiger partial charge in [0.1, 0.15) is 0 Å². The summed E-state index contributed by atoms with van der Waals surface area (Å²) in [6.45, 7) is 0.423. The van der Waals surface area contributed by atoms with Crippen LogP contribution >= 0.6 is 15.9 Å². The molecule has 1 aromatic heterocycles. The smallest absolute Gasteiger partial charge is 0.331 e. The van der Waals surface area contributed by atoms with Gasteiger partial charge in [-0.1, -0.05) is 28.1 Å². The molecule has 0 saturated carbocycles. The van der Waals surface area contributed by atoms with Gasteiger partial charge < -0.3 is 5.32 Å². The number of hydrogen-bond acceptors (Lipinski definition) is 6. The summed E-state index contributed by atoms with van der Waals surface area (Å²) in [6, 6.07) is 12.1. The Morgan fingerprint density at radius 1 is 1.16 bits per heavy atom. The van der Waals surface area contributed by atoms with Gasteiger partial charge >= 0.3 is 5.69 Å². The first kappa shape index (κ1) is 21.6. The third kappa shape index (κ3) is 4.36. The molecule has 4 rings (SSSR count). The summed E-state index contributed by atoms with van der Waals surface area (Å²) in [5.74, 6) is 5.22. The predicted molar refractivity (Wildman–Crippen MR) is 125 cm³/mol. The maximum atomic E-state index is 13.1. The molecule has 0 unspecified atom stereocenters. The molecule has 0 aliphatic carbocycles. The zero-order chi connectivity index (χ0) is 22.8. The van der Waals surface area contributed by atoms with E-state index in [0.717, 1.165) is 15.6 Å². The molecule has 0 radical (unpaired) electrons. The van der Waals surface area contributed by atoms with Gasteiger partial charge in [-0.05, 0) is 47.5 Å². The first-order valence-electron chi connectivity index (χ1n) is 9.77. The van der Waals surface area contributed by atoms with Crippen molar-refractivity contribution in [3.8, 4) is 0 Å². The maximum Gasteiger partial charge on any atom is 0.331 e. The first-order chi connectivity index (χ1) is 15.3. The average Bonchev–Trinajstić information content (AvgIpc) is 2.80. The maximum absolute atomic E-state index is 13.1. The second-order valence-corrected chi connectivity index (χ2v) is 8.26. The van der Waals surface area contributed by atoms with Crippen molar-refractivity contribution < 1.29 is 4.79 Å². The van der Waals surface area contributed by atoms with Crippen LogP contribution in [0.4, 0.5) is 0 Å². The summed E-state index contributed by atoms with van der Waals surface area (Å²) >= 11 is 3.38. The van der Waals surface area contributed by atoms with Crippen molar-refractivity contribution in [3.05, 3.63) is 103 Å². The van der Waals surface area contributed by atoms with E-state index >= 15 is 0 Å². The van der Waals surface area contributed by atoms with Crippen LogP contribution in [0.15, 0.2) is 80.6 Å². The standard InChI is InChI=1S/C22H21BrN6O3/c1-27-19-7-4-16(20(30)25-11-15-8-9-29(24)26-12-15)10-18(19)21(31)28(22(27)32)13-14-2-5-17(23)6-3-14/h2-10,12,26H,11,13,24H2,1H3,(H,25,30). The number of aryl methyl sites for hydroxylation is 1. The number of carbonyl (C=O) groups is 1. The molecule has 0 bridgehead atoms. The summed E-state index contributed by atoms with van der Waals surface area (Å²) < 4.78 is 3.50. The van der Waals surface area contributed by atoms with Crippen molar-refractivity contribution in [1.29, 1.82) is 0 Å². The lowest BCUT2D eigenvalue weighted by Gasteiger charge is -2.18. The number of hydrazine groups is 2. The van der Waals surface area contributed by atoms with Crippen LogP contribution < -0.4 is 27.8 Å². The SMILES string of the molecule is Cn1c(=O)n(Cc2ccc(Br)cc2)c(=O)c2cc(C(=O)NCC3=CNN(N)C=C3)ccc21. The monoisotopic (exact) mass is 496 g/mol. The van der Waals surface area contributed by atoms with E-state index in [1.54, 1.807) is 37.7 Å². The number of carbonyl (C=O) groups excluding carboxylic acids is 1. The van der Waals surface area contributed by atoms with Crippen molar-refractivity contribution in [3.63, 3.8) is 0 Å². The van der Waals surface area contributed by atoms with Gasteiger partial charge in [-0.15, -0.1) is 0 Å². The zero-order valence-electron chi connectivity index (χ0n) is 17.2. The molecular formula is C22H21BrN6O3. The van der Waals surface area contributed by atoms with E-state index < -0.39 is 11.2 Å².